The molecule has 0 radical (unpaired) electrons. The van der Waals surface area contributed by atoms with Crippen LogP contribution in [0.3, 0.4) is 0 Å². The summed E-state index contributed by atoms with van der Waals surface area (Å²) < 4.78 is 36.9. The fraction of sp³-hybridized carbons (Fsp3) is 0.389. The molecule has 138 valence electrons. The maximum atomic E-state index is 12.7. The normalized spacial score (nSPS) is 15.1. The van der Waals surface area contributed by atoms with Gasteiger partial charge >= 0.3 is 6.18 Å². The molecule has 1 unspecified atom stereocenters. The van der Waals surface area contributed by atoms with Gasteiger partial charge in [-0.1, -0.05) is 6.07 Å². The van der Waals surface area contributed by atoms with Crippen molar-refractivity contribution in [2.75, 3.05) is 12.4 Å². The first-order valence-corrected chi connectivity index (χ1v) is 8.28. The molecule has 0 bridgehead atoms. The zero-order valence-corrected chi connectivity index (χ0v) is 14.5. The van der Waals surface area contributed by atoms with Gasteiger partial charge in [0.25, 0.3) is 5.91 Å². The van der Waals surface area contributed by atoms with Gasteiger partial charge in [-0.2, -0.15) is 13.2 Å². The van der Waals surface area contributed by atoms with Crippen molar-refractivity contribution in [3.8, 4) is 0 Å². The average Bonchev–Trinajstić information content (AvgIpc) is 2.96. The lowest BCUT2D eigenvalue weighted by Gasteiger charge is -2.24. The van der Waals surface area contributed by atoms with Gasteiger partial charge in [-0.3, -0.25) is 9.78 Å². The molecule has 5 nitrogen and oxygen atoms in total. The number of fused-ring (bicyclic) bond motifs is 1. The predicted octanol–water partition coefficient (Wildman–Crippen LogP) is 3.73. The SMILES string of the molecule is CNc1nccc2c1CN(C(C)c1ccc(CCC(F)(F)F)nc1)C2=O. The highest BCUT2D eigenvalue weighted by Crippen LogP contribution is 2.33. The van der Waals surface area contributed by atoms with Crippen molar-refractivity contribution in [1.82, 2.24) is 14.9 Å². The van der Waals surface area contributed by atoms with Crippen LogP contribution < -0.4 is 5.32 Å². The molecular weight excluding hydrogens is 345 g/mol. The Labute approximate surface area is 149 Å². The third-order valence-electron chi connectivity index (χ3n) is 4.57. The van der Waals surface area contributed by atoms with Crippen LogP contribution in [-0.4, -0.2) is 34.0 Å². The molecule has 1 atom stereocenters. The maximum absolute atomic E-state index is 12.7. The van der Waals surface area contributed by atoms with Crippen molar-refractivity contribution in [3.05, 3.63) is 53.0 Å². The van der Waals surface area contributed by atoms with E-state index in [-0.39, 0.29) is 18.4 Å². The summed E-state index contributed by atoms with van der Waals surface area (Å²) in [6, 6.07) is 4.77. The Kier molecular flexibility index (Phi) is 4.84. The van der Waals surface area contributed by atoms with Crippen molar-refractivity contribution in [2.24, 2.45) is 0 Å². The van der Waals surface area contributed by atoms with Crippen LogP contribution in [0.15, 0.2) is 30.6 Å². The van der Waals surface area contributed by atoms with Crippen molar-refractivity contribution in [2.45, 2.75) is 38.5 Å². The number of anilines is 1. The van der Waals surface area contributed by atoms with Gasteiger partial charge in [-0.15, -0.1) is 0 Å². The summed E-state index contributed by atoms with van der Waals surface area (Å²) in [6.45, 7) is 2.30. The molecule has 1 aliphatic heterocycles. The number of halogens is 3. The molecule has 3 heterocycles. The number of nitrogens with one attached hydrogen (secondary N) is 1. The molecule has 26 heavy (non-hydrogen) atoms. The standard InChI is InChI=1S/C18H19F3N4O/c1-11(12-3-4-13(24-9-12)5-7-18(19,20)21)25-10-15-14(17(25)26)6-8-23-16(15)22-2/h3-4,6,8-9,11H,5,7,10H2,1-2H3,(H,22,23). The van der Waals surface area contributed by atoms with Crippen molar-refractivity contribution >= 4 is 11.7 Å². The van der Waals surface area contributed by atoms with Crippen LogP contribution in [0.4, 0.5) is 19.0 Å². The van der Waals surface area contributed by atoms with E-state index in [0.29, 0.717) is 23.6 Å². The number of carbonyl (C=O) groups excluding carboxylic acids is 1. The highest BCUT2D eigenvalue weighted by atomic mass is 19.4. The first-order valence-electron chi connectivity index (χ1n) is 8.28. The summed E-state index contributed by atoms with van der Waals surface area (Å²) in [5.41, 5.74) is 2.63. The molecule has 1 amide bonds. The lowest BCUT2D eigenvalue weighted by molar-refractivity contribution is -0.134. The Hall–Kier alpha value is -2.64. The van der Waals surface area contributed by atoms with Crippen molar-refractivity contribution in [1.29, 1.82) is 0 Å². The molecule has 0 saturated carbocycles. The van der Waals surface area contributed by atoms with E-state index in [2.05, 4.69) is 15.3 Å². The fourth-order valence-corrected chi connectivity index (χ4v) is 3.06. The second-order valence-corrected chi connectivity index (χ2v) is 6.24. The summed E-state index contributed by atoms with van der Waals surface area (Å²) in [5, 5.41) is 2.99. The number of hydrogen-bond donors (Lipinski definition) is 1. The first kappa shape index (κ1) is 18.2. The third kappa shape index (κ3) is 3.63. The quantitative estimate of drug-likeness (QED) is 0.878. The summed E-state index contributed by atoms with van der Waals surface area (Å²) in [7, 11) is 1.75. The average molecular weight is 364 g/mol. The highest BCUT2D eigenvalue weighted by Gasteiger charge is 2.33. The number of rotatable bonds is 5. The molecule has 1 N–H and O–H groups in total. The predicted molar refractivity (Wildman–Crippen MR) is 90.7 cm³/mol. The number of carbonyl (C=O) groups is 1. The monoisotopic (exact) mass is 364 g/mol. The Balaban J connectivity index is 1.74. The van der Waals surface area contributed by atoms with Gasteiger partial charge in [0.1, 0.15) is 5.82 Å². The fourth-order valence-electron chi connectivity index (χ4n) is 3.06. The van der Waals surface area contributed by atoms with E-state index in [1.165, 1.54) is 0 Å². The van der Waals surface area contributed by atoms with Gasteiger partial charge in [-0.25, -0.2) is 4.98 Å². The van der Waals surface area contributed by atoms with Gasteiger partial charge in [0.2, 0.25) is 0 Å². The largest absolute Gasteiger partial charge is 0.389 e. The Morgan fingerprint density at radius 1 is 1.27 bits per heavy atom. The van der Waals surface area contributed by atoms with Gasteiger partial charge in [0.15, 0.2) is 0 Å². The van der Waals surface area contributed by atoms with Gasteiger partial charge in [0, 0.05) is 42.7 Å². The van der Waals surface area contributed by atoms with E-state index < -0.39 is 12.6 Å². The summed E-state index contributed by atoms with van der Waals surface area (Å²) in [4.78, 5) is 22.7. The zero-order chi connectivity index (χ0) is 18.9. The van der Waals surface area contributed by atoms with E-state index >= 15 is 0 Å². The molecule has 2 aromatic heterocycles. The number of hydrogen-bond acceptors (Lipinski definition) is 4. The number of alkyl halides is 3. The minimum absolute atomic E-state index is 0.0902. The molecule has 0 saturated heterocycles. The van der Waals surface area contributed by atoms with E-state index in [9.17, 15) is 18.0 Å². The molecule has 1 aliphatic rings. The van der Waals surface area contributed by atoms with Gasteiger partial charge in [0.05, 0.1) is 12.6 Å². The number of pyridine rings is 2. The topological polar surface area (TPSA) is 58.1 Å². The van der Waals surface area contributed by atoms with Crippen LogP contribution in [0, 0.1) is 0 Å². The second-order valence-electron chi connectivity index (χ2n) is 6.24. The van der Waals surface area contributed by atoms with Gasteiger partial charge in [-0.05, 0) is 31.0 Å². The smallest absolute Gasteiger partial charge is 0.373 e. The molecule has 0 fully saturated rings. The number of aryl methyl sites for hydroxylation is 1. The van der Waals surface area contributed by atoms with Crippen LogP contribution in [0.1, 0.15) is 46.6 Å². The lowest BCUT2D eigenvalue weighted by Crippen LogP contribution is -2.27. The molecule has 3 rings (SSSR count). The zero-order valence-electron chi connectivity index (χ0n) is 14.5. The minimum Gasteiger partial charge on any atom is -0.373 e. The van der Waals surface area contributed by atoms with Crippen LogP contribution >= 0.6 is 0 Å². The van der Waals surface area contributed by atoms with Crippen LogP contribution in [-0.2, 0) is 13.0 Å². The van der Waals surface area contributed by atoms with Crippen LogP contribution in [0.2, 0.25) is 0 Å². The molecule has 2 aromatic rings. The van der Waals surface area contributed by atoms with Crippen molar-refractivity contribution in [3.63, 3.8) is 0 Å². The molecule has 0 spiro atoms. The molecule has 0 aromatic carbocycles. The first-order chi connectivity index (χ1) is 12.3. The van der Waals surface area contributed by atoms with E-state index in [4.69, 9.17) is 0 Å². The summed E-state index contributed by atoms with van der Waals surface area (Å²) in [5.74, 6) is 0.582. The Morgan fingerprint density at radius 3 is 2.65 bits per heavy atom. The summed E-state index contributed by atoms with van der Waals surface area (Å²) >= 11 is 0. The Bertz CT molecular complexity index is 805. The van der Waals surface area contributed by atoms with Crippen molar-refractivity contribution < 1.29 is 18.0 Å². The number of aromatic nitrogens is 2. The van der Waals surface area contributed by atoms with Crippen LogP contribution in [0.5, 0.6) is 0 Å². The molecule has 0 aliphatic carbocycles. The van der Waals surface area contributed by atoms with Gasteiger partial charge < -0.3 is 10.2 Å². The molecular formula is C18H19F3N4O. The Morgan fingerprint density at radius 2 is 2.04 bits per heavy atom. The van der Waals surface area contributed by atoms with E-state index in [1.807, 2.05) is 6.92 Å². The lowest BCUT2D eigenvalue weighted by atomic mass is 10.1. The third-order valence-corrected chi connectivity index (χ3v) is 4.57. The highest BCUT2D eigenvalue weighted by molar-refractivity contribution is 5.99. The second kappa shape index (κ2) is 6.93. The summed E-state index contributed by atoms with van der Waals surface area (Å²) in [6.07, 6.45) is -2.10. The van der Waals surface area contributed by atoms with Crippen LogP contribution in [0.25, 0.3) is 0 Å². The molecule has 8 heteroatoms. The number of amides is 1. The minimum atomic E-state index is -4.19. The maximum Gasteiger partial charge on any atom is 0.389 e. The van der Waals surface area contributed by atoms with E-state index in [1.54, 1.807) is 42.5 Å². The number of nitrogens with zero attached hydrogens (tertiary/aromatic N) is 3. The van der Waals surface area contributed by atoms with E-state index in [0.717, 1.165) is 11.1 Å².